The van der Waals surface area contributed by atoms with Gasteiger partial charge in [0.2, 0.25) is 0 Å². The fourth-order valence-electron chi connectivity index (χ4n) is 2.81. The van der Waals surface area contributed by atoms with Gasteiger partial charge in [0.15, 0.2) is 0 Å². The van der Waals surface area contributed by atoms with Gasteiger partial charge in [-0.2, -0.15) is 0 Å². The lowest BCUT2D eigenvalue weighted by Crippen LogP contribution is -2.03. The number of rotatable bonds is 2. The fraction of sp³-hybridized carbons (Fsp3) is 0.692. The Morgan fingerprint density at radius 3 is 2.07 bits per heavy atom. The minimum Gasteiger partial charge on any atom is -0.387 e. The molecule has 1 atom stereocenters. The highest BCUT2D eigenvalue weighted by molar-refractivity contribution is 7.12. The van der Waals surface area contributed by atoms with E-state index in [0.717, 1.165) is 4.88 Å². The summed E-state index contributed by atoms with van der Waals surface area (Å²) < 4.78 is 0. The normalized spacial score (nSPS) is 25.2. The zero-order chi connectivity index (χ0) is 11.4. The van der Waals surface area contributed by atoms with Crippen molar-refractivity contribution in [1.82, 2.24) is 0 Å². The van der Waals surface area contributed by atoms with E-state index in [0.29, 0.717) is 5.92 Å². The van der Waals surface area contributed by atoms with E-state index in [1.54, 1.807) is 11.3 Å². The Balaban J connectivity index is 2.21. The second-order valence-corrected chi connectivity index (χ2v) is 7.13. The molecule has 1 fully saturated rings. The first-order chi connectivity index (χ1) is 6.78. The van der Waals surface area contributed by atoms with Crippen molar-refractivity contribution in [2.45, 2.75) is 40.7 Å². The number of hydrogen-bond acceptors (Lipinski definition) is 2. The van der Waals surface area contributed by atoms with Crippen molar-refractivity contribution in [3.63, 3.8) is 0 Å². The van der Waals surface area contributed by atoms with Gasteiger partial charge in [0.1, 0.15) is 0 Å². The molecule has 2 heteroatoms. The lowest BCUT2D eigenvalue weighted by molar-refractivity contribution is 0.134. The number of aliphatic hydroxyl groups excluding tert-OH is 1. The standard InChI is InChI=1S/C13H20OS/c1-8-6-7-9(15-8)10(14)11-12(2,3)13(11,4)5/h6-7,10-11,14H,1-5H3. The second-order valence-electron chi connectivity index (χ2n) is 5.81. The maximum Gasteiger partial charge on any atom is 0.0920 e. The molecule has 1 aromatic heterocycles. The third-order valence-corrected chi connectivity index (χ3v) is 5.57. The van der Waals surface area contributed by atoms with Crippen LogP contribution in [0.4, 0.5) is 0 Å². The van der Waals surface area contributed by atoms with Gasteiger partial charge in [-0.25, -0.2) is 0 Å². The molecule has 1 unspecified atom stereocenters. The van der Waals surface area contributed by atoms with E-state index in [2.05, 4.69) is 46.8 Å². The van der Waals surface area contributed by atoms with E-state index in [1.807, 2.05) is 0 Å². The van der Waals surface area contributed by atoms with Crippen LogP contribution in [0.3, 0.4) is 0 Å². The predicted molar refractivity (Wildman–Crippen MR) is 65.1 cm³/mol. The minimum absolute atomic E-state index is 0.254. The van der Waals surface area contributed by atoms with Crippen molar-refractivity contribution in [3.05, 3.63) is 21.9 Å². The molecule has 0 spiro atoms. The number of aryl methyl sites for hydroxylation is 1. The summed E-state index contributed by atoms with van der Waals surface area (Å²) in [5.74, 6) is 0.392. The van der Waals surface area contributed by atoms with Gasteiger partial charge in [-0.05, 0) is 29.9 Å². The van der Waals surface area contributed by atoms with Gasteiger partial charge < -0.3 is 5.11 Å². The molecule has 84 valence electrons. The summed E-state index contributed by atoms with van der Waals surface area (Å²) in [5, 5.41) is 10.4. The van der Waals surface area contributed by atoms with Crippen molar-refractivity contribution in [2.24, 2.45) is 16.7 Å². The molecule has 0 saturated heterocycles. The lowest BCUT2D eigenvalue weighted by atomic mass is 10.0. The third-order valence-electron chi connectivity index (χ3n) is 4.50. The van der Waals surface area contributed by atoms with Gasteiger partial charge >= 0.3 is 0 Å². The molecular weight excluding hydrogens is 204 g/mol. The lowest BCUT2D eigenvalue weighted by Gasteiger charge is -2.10. The molecular formula is C13H20OS. The molecule has 1 nitrogen and oxygen atoms in total. The van der Waals surface area contributed by atoms with Gasteiger partial charge in [0.25, 0.3) is 0 Å². The van der Waals surface area contributed by atoms with Crippen molar-refractivity contribution >= 4 is 11.3 Å². The SMILES string of the molecule is Cc1ccc(C(O)C2C(C)(C)C2(C)C)s1. The van der Waals surface area contributed by atoms with Crippen LogP contribution in [-0.4, -0.2) is 5.11 Å². The van der Waals surface area contributed by atoms with Crippen LogP contribution in [0.25, 0.3) is 0 Å². The number of thiophene rings is 1. The zero-order valence-electron chi connectivity index (χ0n) is 10.2. The fourth-order valence-corrected chi connectivity index (χ4v) is 3.71. The summed E-state index contributed by atoms with van der Waals surface area (Å²) in [6.07, 6.45) is -0.284. The molecule has 1 aliphatic rings. The monoisotopic (exact) mass is 224 g/mol. The van der Waals surface area contributed by atoms with E-state index >= 15 is 0 Å². The molecule has 1 N–H and O–H groups in total. The first kappa shape index (κ1) is 11.2. The molecule has 15 heavy (non-hydrogen) atoms. The average Bonchev–Trinajstić information content (AvgIpc) is 2.49. The number of aliphatic hydroxyl groups is 1. The van der Waals surface area contributed by atoms with Crippen LogP contribution in [0.5, 0.6) is 0 Å². The highest BCUT2D eigenvalue weighted by Gasteiger charge is 2.67. The van der Waals surface area contributed by atoms with Crippen LogP contribution in [0.15, 0.2) is 12.1 Å². The number of hydrogen-bond donors (Lipinski definition) is 1. The van der Waals surface area contributed by atoms with Crippen molar-refractivity contribution in [2.75, 3.05) is 0 Å². The summed E-state index contributed by atoms with van der Waals surface area (Å²) in [7, 11) is 0. The highest BCUT2D eigenvalue weighted by Crippen LogP contribution is 2.72. The van der Waals surface area contributed by atoms with Crippen LogP contribution in [0, 0.1) is 23.7 Å². The van der Waals surface area contributed by atoms with E-state index in [1.165, 1.54) is 4.88 Å². The molecule has 0 bridgehead atoms. The summed E-state index contributed by atoms with van der Waals surface area (Å²) in [6.45, 7) is 11.1. The largest absolute Gasteiger partial charge is 0.387 e. The summed E-state index contributed by atoms with van der Waals surface area (Å²) in [4.78, 5) is 2.40. The Labute approximate surface area is 96.1 Å². The van der Waals surface area contributed by atoms with E-state index < -0.39 is 0 Å². The summed E-state index contributed by atoms with van der Waals surface area (Å²) in [6, 6.07) is 4.15. The molecule has 0 aromatic carbocycles. The van der Waals surface area contributed by atoms with Crippen molar-refractivity contribution in [1.29, 1.82) is 0 Å². The quantitative estimate of drug-likeness (QED) is 0.810. The molecule has 1 saturated carbocycles. The van der Waals surface area contributed by atoms with Gasteiger partial charge in [0, 0.05) is 15.7 Å². The maximum atomic E-state index is 10.4. The summed E-state index contributed by atoms with van der Waals surface area (Å²) in [5.41, 5.74) is 0.509. The molecule has 0 radical (unpaired) electrons. The third kappa shape index (κ3) is 1.46. The Hall–Kier alpha value is -0.340. The topological polar surface area (TPSA) is 20.2 Å². The minimum atomic E-state index is -0.284. The van der Waals surface area contributed by atoms with Crippen molar-refractivity contribution < 1.29 is 5.11 Å². The van der Waals surface area contributed by atoms with Gasteiger partial charge in [-0.15, -0.1) is 11.3 Å². The molecule has 1 aliphatic carbocycles. The predicted octanol–water partition coefficient (Wildman–Crippen LogP) is 3.77. The van der Waals surface area contributed by atoms with Gasteiger partial charge in [0.05, 0.1) is 6.10 Å². The van der Waals surface area contributed by atoms with Crippen LogP contribution >= 0.6 is 11.3 Å². The molecule has 2 rings (SSSR count). The average molecular weight is 224 g/mol. The zero-order valence-corrected chi connectivity index (χ0v) is 11.0. The Kier molecular flexibility index (Phi) is 2.29. The van der Waals surface area contributed by atoms with E-state index in [9.17, 15) is 5.11 Å². The Morgan fingerprint density at radius 2 is 1.73 bits per heavy atom. The molecule has 1 aromatic rings. The van der Waals surface area contributed by atoms with Crippen LogP contribution in [0.2, 0.25) is 0 Å². The molecule has 0 aliphatic heterocycles. The van der Waals surface area contributed by atoms with E-state index in [4.69, 9.17) is 0 Å². The molecule has 0 amide bonds. The van der Waals surface area contributed by atoms with Crippen LogP contribution < -0.4 is 0 Å². The summed E-state index contributed by atoms with van der Waals surface area (Å²) >= 11 is 1.72. The maximum absolute atomic E-state index is 10.4. The van der Waals surface area contributed by atoms with E-state index in [-0.39, 0.29) is 16.9 Å². The van der Waals surface area contributed by atoms with Crippen LogP contribution in [-0.2, 0) is 0 Å². The van der Waals surface area contributed by atoms with Crippen LogP contribution in [0.1, 0.15) is 43.6 Å². The first-order valence-electron chi connectivity index (χ1n) is 5.53. The Bertz CT molecular complexity index is 362. The highest BCUT2D eigenvalue weighted by atomic mass is 32.1. The van der Waals surface area contributed by atoms with Gasteiger partial charge in [-0.3, -0.25) is 0 Å². The Morgan fingerprint density at radius 1 is 1.20 bits per heavy atom. The van der Waals surface area contributed by atoms with Gasteiger partial charge in [-0.1, -0.05) is 27.7 Å². The molecule has 1 heterocycles. The smallest absolute Gasteiger partial charge is 0.0920 e. The second kappa shape index (κ2) is 3.08. The van der Waals surface area contributed by atoms with Crippen molar-refractivity contribution in [3.8, 4) is 0 Å². The first-order valence-corrected chi connectivity index (χ1v) is 6.34.